The van der Waals surface area contributed by atoms with E-state index in [4.69, 9.17) is 4.74 Å². The monoisotopic (exact) mass is 254 g/mol. The highest BCUT2D eigenvalue weighted by Gasteiger charge is 1.99. The largest absolute Gasteiger partial charge is 0.377 e. The van der Waals surface area contributed by atoms with Gasteiger partial charge in [-0.3, -0.25) is 0 Å². The molecule has 0 aliphatic carbocycles. The van der Waals surface area contributed by atoms with E-state index < -0.39 is 0 Å². The molecule has 0 aromatic heterocycles. The summed E-state index contributed by atoms with van der Waals surface area (Å²) in [6.45, 7) is 5.82. The number of hydrogen-bond acceptors (Lipinski definition) is 1. The number of benzene rings is 2. The van der Waals surface area contributed by atoms with Gasteiger partial charge < -0.3 is 4.74 Å². The van der Waals surface area contributed by atoms with Crippen LogP contribution in [0.1, 0.15) is 28.7 Å². The average molecular weight is 254 g/mol. The first-order valence-electron chi connectivity index (χ1n) is 6.93. The molecule has 2 aromatic rings. The molecule has 0 atom stereocenters. The molecule has 0 spiro atoms. The first kappa shape index (κ1) is 13.8. The minimum Gasteiger partial charge on any atom is -0.377 e. The smallest absolute Gasteiger partial charge is 0.0719 e. The van der Waals surface area contributed by atoms with Crippen molar-refractivity contribution in [1.82, 2.24) is 0 Å². The fourth-order valence-corrected chi connectivity index (χ4v) is 2.21. The SMILES string of the molecule is Cc1ccc(COCCCc2ccccc2)c(C)c1. The molecule has 0 heterocycles. The summed E-state index contributed by atoms with van der Waals surface area (Å²) in [5.41, 5.74) is 5.32. The van der Waals surface area contributed by atoms with Crippen LogP contribution < -0.4 is 0 Å². The fourth-order valence-electron chi connectivity index (χ4n) is 2.21. The number of hydrogen-bond donors (Lipinski definition) is 0. The normalized spacial score (nSPS) is 10.6. The Morgan fingerprint density at radius 1 is 0.947 bits per heavy atom. The average Bonchev–Trinajstić information content (AvgIpc) is 2.42. The number of rotatable bonds is 6. The summed E-state index contributed by atoms with van der Waals surface area (Å²) in [6, 6.07) is 17.1. The molecule has 0 radical (unpaired) electrons. The molecule has 0 amide bonds. The van der Waals surface area contributed by atoms with Crippen molar-refractivity contribution in [3.8, 4) is 0 Å². The predicted molar refractivity (Wildman–Crippen MR) is 80.3 cm³/mol. The molecule has 100 valence electrons. The molecule has 0 saturated carbocycles. The van der Waals surface area contributed by atoms with Crippen molar-refractivity contribution >= 4 is 0 Å². The molecule has 2 aromatic carbocycles. The molecule has 1 heteroatoms. The highest BCUT2D eigenvalue weighted by molar-refractivity contribution is 5.29. The first-order chi connectivity index (χ1) is 9.25. The van der Waals surface area contributed by atoms with Gasteiger partial charge in [0.2, 0.25) is 0 Å². The Labute approximate surface area is 116 Å². The van der Waals surface area contributed by atoms with Gasteiger partial charge in [-0.25, -0.2) is 0 Å². The van der Waals surface area contributed by atoms with Crippen molar-refractivity contribution in [3.05, 3.63) is 70.8 Å². The third-order valence-corrected chi connectivity index (χ3v) is 3.35. The highest BCUT2D eigenvalue weighted by Crippen LogP contribution is 2.12. The molecule has 0 saturated heterocycles. The lowest BCUT2D eigenvalue weighted by atomic mass is 10.1. The Hall–Kier alpha value is -1.60. The summed E-state index contributed by atoms with van der Waals surface area (Å²) in [6.07, 6.45) is 2.17. The van der Waals surface area contributed by atoms with Gasteiger partial charge in [0, 0.05) is 6.61 Å². The van der Waals surface area contributed by atoms with Crippen molar-refractivity contribution in [2.45, 2.75) is 33.3 Å². The Kier molecular flexibility index (Phi) is 5.17. The van der Waals surface area contributed by atoms with Crippen molar-refractivity contribution in [2.24, 2.45) is 0 Å². The molecule has 0 bridgehead atoms. The van der Waals surface area contributed by atoms with Crippen LogP contribution in [0.15, 0.2) is 48.5 Å². The molecule has 0 unspecified atom stereocenters. The molecule has 0 N–H and O–H groups in total. The topological polar surface area (TPSA) is 9.23 Å². The standard InChI is InChI=1S/C18H22O/c1-15-10-11-18(16(2)13-15)14-19-12-6-9-17-7-4-3-5-8-17/h3-5,7-8,10-11,13H,6,9,12,14H2,1-2H3. The van der Waals surface area contributed by atoms with Gasteiger partial charge in [-0.05, 0) is 43.4 Å². The third kappa shape index (κ3) is 4.53. The summed E-state index contributed by atoms with van der Waals surface area (Å²) in [7, 11) is 0. The van der Waals surface area contributed by atoms with Crippen molar-refractivity contribution < 1.29 is 4.74 Å². The Morgan fingerprint density at radius 3 is 2.47 bits per heavy atom. The Balaban J connectivity index is 1.69. The molecule has 19 heavy (non-hydrogen) atoms. The van der Waals surface area contributed by atoms with E-state index in [9.17, 15) is 0 Å². The van der Waals surface area contributed by atoms with Crippen LogP contribution in [-0.2, 0) is 17.8 Å². The van der Waals surface area contributed by atoms with Gasteiger partial charge in [-0.15, -0.1) is 0 Å². The maximum Gasteiger partial charge on any atom is 0.0719 e. The second-order valence-corrected chi connectivity index (χ2v) is 5.07. The van der Waals surface area contributed by atoms with Crippen LogP contribution >= 0.6 is 0 Å². The number of ether oxygens (including phenoxy) is 1. The molecular formula is C18H22O. The van der Waals surface area contributed by atoms with Crippen LogP contribution in [0.2, 0.25) is 0 Å². The predicted octanol–water partition coefficient (Wildman–Crippen LogP) is 4.45. The zero-order valence-electron chi connectivity index (χ0n) is 11.9. The van der Waals surface area contributed by atoms with Gasteiger partial charge in [-0.1, -0.05) is 54.1 Å². The fraction of sp³-hybridized carbons (Fsp3) is 0.333. The van der Waals surface area contributed by atoms with E-state index in [1.54, 1.807) is 0 Å². The van der Waals surface area contributed by atoms with E-state index in [1.807, 2.05) is 0 Å². The summed E-state index contributed by atoms with van der Waals surface area (Å²) in [4.78, 5) is 0. The molecule has 0 aliphatic rings. The van der Waals surface area contributed by atoms with Gasteiger partial charge in [0.1, 0.15) is 0 Å². The van der Waals surface area contributed by atoms with Crippen LogP contribution in [-0.4, -0.2) is 6.61 Å². The van der Waals surface area contributed by atoms with Gasteiger partial charge >= 0.3 is 0 Å². The van der Waals surface area contributed by atoms with Gasteiger partial charge in [0.05, 0.1) is 6.61 Å². The molecule has 0 aliphatic heterocycles. The molecule has 0 fully saturated rings. The summed E-state index contributed by atoms with van der Waals surface area (Å²) in [5.74, 6) is 0. The van der Waals surface area contributed by atoms with Crippen LogP contribution in [0.5, 0.6) is 0 Å². The highest BCUT2D eigenvalue weighted by atomic mass is 16.5. The van der Waals surface area contributed by atoms with Crippen LogP contribution in [0.3, 0.4) is 0 Å². The van der Waals surface area contributed by atoms with Crippen LogP contribution in [0.4, 0.5) is 0 Å². The summed E-state index contributed by atoms with van der Waals surface area (Å²) < 4.78 is 5.76. The molecular weight excluding hydrogens is 232 g/mol. The molecule has 1 nitrogen and oxygen atoms in total. The lowest BCUT2D eigenvalue weighted by molar-refractivity contribution is 0.118. The van der Waals surface area contributed by atoms with Crippen molar-refractivity contribution in [3.63, 3.8) is 0 Å². The lowest BCUT2D eigenvalue weighted by Crippen LogP contribution is -1.99. The quantitative estimate of drug-likeness (QED) is 0.692. The Morgan fingerprint density at radius 2 is 1.74 bits per heavy atom. The van der Waals surface area contributed by atoms with Gasteiger partial charge in [-0.2, -0.15) is 0 Å². The van der Waals surface area contributed by atoms with E-state index in [1.165, 1.54) is 22.3 Å². The van der Waals surface area contributed by atoms with E-state index in [2.05, 4.69) is 62.4 Å². The van der Waals surface area contributed by atoms with E-state index in [0.717, 1.165) is 26.1 Å². The molecule has 2 rings (SSSR count). The van der Waals surface area contributed by atoms with Crippen molar-refractivity contribution in [2.75, 3.05) is 6.61 Å². The minimum absolute atomic E-state index is 0.723. The zero-order valence-corrected chi connectivity index (χ0v) is 11.9. The Bertz CT molecular complexity index is 502. The summed E-state index contributed by atoms with van der Waals surface area (Å²) >= 11 is 0. The van der Waals surface area contributed by atoms with Crippen LogP contribution in [0, 0.1) is 13.8 Å². The number of aryl methyl sites for hydroxylation is 3. The summed E-state index contributed by atoms with van der Waals surface area (Å²) in [5, 5.41) is 0. The van der Waals surface area contributed by atoms with E-state index in [-0.39, 0.29) is 0 Å². The second-order valence-electron chi connectivity index (χ2n) is 5.07. The first-order valence-corrected chi connectivity index (χ1v) is 6.93. The zero-order chi connectivity index (χ0) is 13.5. The van der Waals surface area contributed by atoms with Crippen molar-refractivity contribution in [1.29, 1.82) is 0 Å². The van der Waals surface area contributed by atoms with E-state index in [0.29, 0.717) is 0 Å². The third-order valence-electron chi connectivity index (χ3n) is 3.35. The lowest BCUT2D eigenvalue weighted by Gasteiger charge is -2.08. The van der Waals surface area contributed by atoms with Gasteiger partial charge in [0.25, 0.3) is 0 Å². The maximum absolute atomic E-state index is 5.76. The van der Waals surface area contributed by atoms with Gasteiger partial charge in [0.15, 0.2) is 0 Å². The van der Waals surface area contributed by atoms with Crippen LogP contribution in [0.25, 0.3) is 0 Å². The minimum atomic E-state index is 0.723. The maximum atomic E-state index is 5.76. The van der Waals surface area contributed by atoms with E-state index >= 15 is 0 Å². The second kappa shape index (κ2) is 7.10.